The topological polar surface area (TPSA) is 23.6 Å². The van der Waals surface area contributed by atoms with Gasteiger partial charge in [0.15, 0.2) is 0 Å². The molecule has 1 heterocycles. The summed E-state index contributed by atoms with van der Waals surface area (Å²) in [5.41, 5.74) is 1.83. The van der Waals surface area contributed by atoms with Crippen LogP contribution < -0.4 is 4.90 Å². The van der Waals surface area contributed by atoms with Crippen LogP contribution in [0.2, 0.25) is 5.02 Å². The second-order valence-corrected chi connectivity index (χ2v) is 8.62. The normalized spacial score (nSPS) is 12.8. The van der Waals surface area contributed by atoms with Gasteiger partial charge in [0, 0.05) is 27.1 Å². The van der Waals surface area contributed by atoms with E-state index in [0.29, 0.717) is 10.8 Å². The van der Waals surface area contributed by atoms with Gasteiger partial charge in [-0.15, -0.1) is 0 Å². The predicted molar refractivity (Wildman–Crippen MR) is 114 cm³/mol. The summed E-state index contributed by atoms with van der Waals surface area (Å²) in [5.74, 6) is 1.53. The van der Waals surface area contributed by atoms with Crippen LogP contribution in [0.3, 0.4) is 0 Å². The highest BCUT2D eigenvalue weighted by atomic mass is 35.5. The summed E-state index contributed by atoms with van der Waals surface area (Å²) in [5, 5.41) is 0.649. The van der Waals surface area contributed by atoms with Crippen LogP contribution in [0.15, 0.2) is 52.3 Å². The van der Waals surface area contributed by atoms with E-state index in [1.807, 2.05) is 41.3 Å². The number of thioether (sulfide) groups is 1. The van der Waals surface area contributed by atoms with Crippen molar-refractivity contribution < 1.29 is 4.79 Å². The van der Waals surface area contributed by atoms with Crippen LogP contribution in [0.4, 0.5) is 11.4 Å². The van der Waals surface area contributed by atoms with Crippen LogP contribution in [0.1, 0.15) is 13.8 Å². The summed E-state index contributed by atoms with van der Waals surface area (Å²) in [6.45, 7) is 7.45. The summed E-state index contributed by atoms with van der Waals surface area (Å²) >= 11 is 9.59. The largest absolute Gasteiger partial charge is 0.303 e. The van der Waals surface area contributed by atoms with E-state index in [4.69, 9.17) is 11.6 Å². The SMILES string of the molecule is CCN(CC)CCSCC(=O)N1c2ccccc2Sc2ccc(Cl)cc21. The molecular formula is C20H23ClN2OS2. The van der Waals surface area contributed by atoms with Crippen molar-refractivity contribution >= 4 is 52.4 Å². The van der Waals surface area contributed by atoms with Crippen LogP contribution in [0.25, 0.3) is 0 Å². The molecule has 0 radical (unpaired) electrons. The second-order valence-electron chi connectivity index (χ2n) is 5.99. The first-order valence-electron chi connectivity index (χ1n) is 8.83. The number of hydrogen-bond donors (Lipinski definition) is 0. The molecule has 2 aromatic rings. The zero-order valence-electron chi connectivity index (χ0n) is 15.1. The van der Waals surface area contributed by atoms with Crippen LogP contribution in [-0.2, 0) is 4.79 Å². The van der Waals surface area contributed by atoms with Gasteiger partial charge in [-0.25, -0.2) is 0 Å². The van der Waals surface area contributed by atoms with Gasteiger partial charge in [0.1, 0.15) is 0 Å². The number of nitrogens with zero attached hydrogens (tertiary/aromatic N) is 2. The summed E-state index contributed by atoms with van der Waals surface area (Å²) in [6, 6.07) is 13.8. The minimum Gasteiger partial charge on any atom is -0.303 e. The first kappa shape index (κ1) is 19.6. The number of anilines is 2. The van der Waals surface area contributed by atoms with Gasteiger partial charge in [-0.1, -0.05) is 49.3 Å². The van der Waals surface area contributed by atoms with E-state index in [1.165, 1.54) is 0 Å². The maximum atomic E-state index is 13.1. The lowest BCUT2D eigenvalue weighted by atomic mass is 10.2. The second kappa shape index (κ2) is 9.18. The fraction of sp³-hybridized carbons (Fsp3) is 0.350. The standard InChI is InChI=1S/C20H23ClN2OS2/c1-3-22(4-2)11-12-25-14-20(24)23-16-7-5-6-8-18(16)26-19-10-9-15(21)13-17(19)23/h5-10,13H,3-4,11-12,14H2,1-2H3. The zero-order valence-corrected chi connectivity index (χ0v) is 17.5. The molecule has 0 bridgehead atoms. The highest BCUT2D eigenvalue weighted by Gasteiger charge is 2.28. The molecule has 1 amide bonds. The number of carbonyl (C=O) groups excluding carboxylic acids is 1. The van der Waals surface area contributed by atoms with Crippen LogP contribution in [0, 0.1) is 0 Å². The zero-order chi connectivity index (χ0) is 18.5. The Bertz CT molecular complexity index is 780. The first-order chi connectivity index (χ1) is 12.6. The Morgan fingerprint density at radius 2 is 1.85 bits per heavy atom. The molecule has 0 atom stereocenters. The van der Waals surface area contributed by atoms with Crippen molar-refractivity contribution in [2.24, 2.45) is 0 Å². The van der Waals surface area contributed by atoms with Crippen LogP contribution >= 0.6 is 35.1 Å². The third kappa shape index (κ3) is 4.39. The van der Waals surface area contributed by atoms with Gasteiger partial charge in [0.25, 0.3) is 0 Å². The van der Waals surface area contributed by atoms with E-state index >= 15 is 0 Å². The van der Waals surface area contributed by atoms with E-state index in [1.54, 1.807) is 23.5 Å². The lowest BCUT2D eigenvalue weighted by Gasteiger charge is -2.31. The fourth-order valence-electron chi connectivity index (χ4n) is 2.95. The van der Waals surface area contributed by atoms with Crippen molar-refractivity contribution in [1.29, 1.82) is 0 Å². The van der Waals surface area contributed by atoms with Crippen LogP contribution in [-0.4, -0.2) is 41.9 Å². The maximum Gasteiger partial charge on any atom is 0.241 e. The summed E-state index contributed by atoms with van der Waals surface area (Å²) < 4.78 is 0. The third-order valence-corrected chi connectivity index (χ3v) is 6.70. The molecule has 6 heteroatoms. The Hall–Kier alpha value is -1.14. The van der Waals surface area contributed by atoms with Crippen LogP contribution in [0.5, 0.6) is 0 Å². The number of rotatable bonds is 7. The number of para-hydroxylation sites is 1. The Labute approximate surface area is 169 Å². The highest BCUT2D eigenvalue weighted by molar-refractivity contribution is 8.00. The molecule has 1 aliphatic heterocycles. The third-order valence-electron chi connectivity index (χ3n) is 4.41. The minimum atomic E-state index is 0.103. The Kier molecular flexibility index (Phi) is 6.92. The lowest BCUT2D eigenvalue weighted by molar-refractivity contribution is -0.115. The molecule has 26 heavy (non-hydrogen) atoms. The van der Waals surface area contributed by atoms with Gasteiger partial charge in [0.05, 0.1) is 17.1 Å². The van der Waals surface area contributed by atoms with Crippen molar-refractivity contribution in [1.82, 2.24) is 4.90 Å². The summed E-state index contributed by atoms with van der Waals surface area (Å²) in [4.78, 5) is 19.4. The number of amides is 1. The lowest BCUT2D eigenvalue weighted by Crippen LogP contribution is -2.31. The van der Waals surface area contributed by atoms with Crippen molar-refractivity contribution in [3.8, 4) is 0 Å². The average molecular weight is 407 g/mol. The number of benzene rings is 2. The van der Waals surface area contributed by atoms with Crippen molar-refractivity contribution in [2.75, 3.05) is 36.0 Å². The molecule has 2 aromatic carbocycles. The van der Waals surface area contributed by atoms with Gasteiger partial charge < -0.3 is 4.90 Å². The van der Waals surface area contributed by atoms with Gasteiger partial charge in [-0.2, -0.15) is 11.8 Å². The van der Waals surface area contributed by atoms with Gasteiger partial charge in [-0.05, 0) is 43.4 Å². The van der Waals surface area contributed by atoms with Gasteiger partial charge in [0.2, 0.25) is 5.91 Å². The van der Waals surface area contributed by atoms with E-state index in [0.717, 1.165) is 46.6 Å². The molecule has 0 unspecified atom stereocenters. The summed E-state index contributed by atoms with van der Waals surface area (Å²) in [6.07, 6.45) is 0. The number of fused-ring (bicyclic) bond motifs is 2. The maximum absolute atomic E-state index is 13.1. The van der Waals surface area contributed by atoms with E-state index in [-0.39, 0.29) is 5.91 Å². The molecule has 0 saturated heterocycles. The summed E-state index contributed by atoms with van der Waals surface area (Å²) in [7, 11) is 0. The number of halogens is 1. The van der Waals surface area contributed by atoms with E-state index < -0.39 is 0 Å². The Morgan fingerprint density at radius 3 is 2.62 bits per heavy atom. The van der Waals surface area contributed by atoms with Crippen molar-refractivity contribution in [2.45, 2.75) is 23.6 Å². The van der Waals surface area contributed by atoms with E-state index in [9.17, 15) is 4.79 Å². The molecule has 3 nitrogen and oxygen atoms in total. The quantitative estimate of drug-likeness (QED) is 0.563. The molecule has 1 aliphatic rings. The number of carbonyl (C=O) groups is 1. The first-order valence-corrected chi connectivity index (χ1v) is 11.2. The fourth-order valence-corrected chi connectivity index (χ4v) is 4.99. The minimum absolute atomic E-state index is 0.103. The molecule has 0 saturated carbocycles. The van der Waals surface area contributed by atoms with Gasteiger partial charge >= 0.3 is 0 Å². The molecule has 0 fully saturated rings. The number of hydrogen-bond acceptors (Lipinski definition) is 4. The Morgan fingerprint density at radius 1 is 1.12 bits per heavy atom. The molecule has 0 aliphatic carbocycles. The molecule has 0 N–H and O–H groups in total. The predicted octanol–water partition coefficient (Wildman–Crippen LogP) is 5.54. The monoisotopic (exact) mass is 406 g/mol. The average Bonchev–Trinajstić information content (AvgIpc) is 2.66. The van der Waals surface area contributed by atoms with Crippen molar-refractivity contribution in [3.05, 3.63) is 47.5 Å². The molecule has 0 aromatic heterocycles. The Balaban J connectivity index is 1.76. The molecule has 3 rings (SSSR count). The highest BCUT2D eigenvalue weighted by Crippen LogP contribution is 2.48. The van der Waals surface area contributed by atoms with Gasteiger partial charge in [-0.3, -0.25) is 9.69 Å². The van der Waals surface area contributed by atoms with Crippen molar-refractivity contribution in [3.63, 3.8) is 0 Å². The van der Waals surface area contributed by atoms with E-state index in [2.05, 4.69) is 24.8 Å². The molecular weight excluding hydrogens is 384 g/mol. The molecule has 0 spiro atoms. The molecule has 138 valence electrons. The smallest absolute Gasteiger partial charge is 0.241 e.